The van der Waals surface area contributed by atoms with Crippen LogP contribution in [-0.2, 0) is 9.53 Å². The molecule has 0 spiro atoms. The van der Waals surface area contributed by atoms with Gasteiger partial charge >= 0.3 is 5.97 Å². The van der Waals surface area contributed by atoms with Crippen molar-refractivity contribution in [3.05, 3.63) is 30.9 Å². The molecule has 1 saturated heterocycles. The lowest BCUT2D eigenvalue weighted by Gasteiger charge is -2.21. The van der Waals surface area contributed by atoms with Gasteiger partial charge in [0.2, 0.25) is 5.95 Å². The lowest BCUT2D eigenvalue weighted by Crippen LogP contribution is -2.37. The number of aliphatic carboxylic acids is 1. The van der Waals surface area contributed by atoms with Crippen LogP contribution in [0.1, 0.15) is 26.3 Å². The number of carbonyl (C=O) groups is 1. The number of carboxylic acid groups (broad SMARTS) is 1. The Balaban J connectivity index is 1.71. The van der Waals surface area contributed by atoms with Crippen molar-refractivity contribution in [2.45, 2.75) is 38.5 Å². The molecule has 0 bridgehead atoms. The molecule has 28 heavy (non-hydrogen) atoms. The van der Waals surface area contributed by atoms with Gasteiger partial charge in [-0.2, -0.15) is 4.98 Å². The molecular formula is C18H23N7O3. The Bertz CT molecular complexity index is 996. The van der Waals surface area contributed by atoms with Gasteiger partial charge in [0.15, 0.2) is 5.82 Å². The number of nitrogens with one attached hydrogen (secondary N) is 1. The smallest absolute Gasteiger partial charge is 0.326 e. The summed E-state index contributed by atoms with van der Waals surface area (Å²) in [5, 5.41) is 17.3. The molecule has 0 aliphatic carbocycles. The number of fused-ring (bicyclic) bond motifs is 1. The van der Waals surface area contributed by atoms with Gasteiger partial charge in [-0.3, -0.25) is 0 Å². The second kappa shape index (κ2) is 7.12. The van der Waals surface area contributed by atoms with Gasteiger partial charge in [0.1, 0.15) is 17.4 Å². The zero-order valence-corrected chi connectivity index (χ0v) is 16.0. The van der Waals surface area contributed by atoms with Gasteiger partial charge in [0.05, 0.1) is 12.4 Å². The van der Waals surface area contributed by atoms with Crippen LogP contribution in [0.3, 0.4) is 0 Å². The van der Waals surface area contributed by atoms with E-state index in [4.69, 9.17) is 4.74 Å². The molecule has 10 heteroatoms. The molecule has 3 aromatic heterocycles. The van der Waals surface area contributed by atoms with E-state index in [1.807, 2.05) is 22.9 Å². The van der Waals surface area contributed by atoms with E-state index in [1.54, 1.807) is 29.0 Å². The van der Waals surface area contributed by atoms with Gasteiger partial charge in [-0.1, -0.05) is 0 Å². The monoisotopic (exact) mass is 385 g/mol. The molecule has 2 N–H and O–H groups in total. The fourth-order valence-corrected chi connectivity index (χ4v) is 3.36. The van der Waals surface area contributed by atoms with E-state index >= 15 is 0 Å². The predicted octanol–water partition coefficient (Wildman–Crippen LogP) is 1.93. The van der Waals surface area contributed by atoms with E-state index < -0.39 is 12.0 Å². The van der Waals surface area contributed by atoms with Crippen molar-refractivity contribution in [2.24, 2.45) is 0 Å². The molecule has 148 valence electrons. The van der Waals surface area contributed by atoms with Crippen molar-refractivity contribution in [3.8, 4) is 0 Å². The predicted molar refractivity (Wildman–Crippen MR) is 103 cm³/mol. The summed E-state index contributed by atoms with van der Waals surface area (Å²) in [5.41, 5.74) is 0.775. The minimum Gasteiger partial charge on any atom is -0.480 e. The normalized spacial score (nSPS) is 19.6. The van der Waals surface area contributed by atoms with Crippen LogP contribution in [0.25, 0.3) is 5.52 Å². The number of ether oxygens (including phenoxy) is 1. The Morgan fingerprint density at radius 2 is 2.25 bits per heavy atom. The molecule has 1 aliphatic heterocycles. The Morgan fingerprint density at radius 1 is 1.43 bits per heavy atom. The summed E-state index contributed by atoms with van der Waals surface area (Å²) >= 11 is 0. The van der Waals surface area contributed by atoms with Gasteiger partial charge in [0.25, 0.3) is 0 Å². The number of aromatic nitrogens is 5. The van der Waals surface area contributed by atoms with E-state index in [1.165, 1.54) is 0 Å². The third-order valence-electron chi connectivity index (χ3n) is 4.96. The molecule has 4 heterocycles. The van der Waals surface area contributed by atoms with Gasteiger partial charge in [-0.15, -0.1) is 5.10 Å². The van der Waals surface area contributed by atoms with Crippen molar-refractivity contribution in [1.29, 1.82) is 0 Å². The lowest BCUT2D eigenvalue weighted by atomic mass is 10.2. The molecule has 0 aromatic carbocycles. The van der Waals surface area contributed by atoms with E-state index in [9.17, 15) is 9.90 Å². The molecule has 4 rings (SSSR count). The van der Waals surface area contributed by atoms with Crippen molar-refractivity contribution >= 4 is 29.1 Å². The first-order valence-electron chi connectivity index (χ1n) is 9.14. The third kappa shape index (κ3) is 3.26. The van der Waals surface area contributed by atoms with Crippen LogP contribution in [0.5, 0.6) is 0 Å². The van der Waals surface area contributed by atoms with Crippen LogP contribution in [-0.4, -0.2) is 61.0 Å². The summed E-state index contributed by atoms with van der Waals surface area (Å²) in [6.07, 6.45) is 5.68. The Hall–Kier alpha value is -3.14. The molecular weight excluding hydrogens is 362 g/mol. The molecule has 0 amide bonds. The largest absolute Gasteiger partial charge is 0.480 e. The minimum atomic E-state index is -0.916. The topological polar surface area (TPSA) is 110 Å². The highest BCUT2D eigenvalue weighted by molar-refractivity contribution is 5.79. The molecule has 2 atom stereocenters. The van der Waals surface area contributed by atoms with E-state index in [0.29, 0.717) is 36.6 Å². The van der Waals surface area contributed by atoms with Crippen LogP contribution >= 0.6 is 0 Å². The first-order chi connectivity index (χ1) is 13.5. The van der Waals surface area contributed by atoms with Crippen molar-refractivity contribution < 1.29 is 14.6 Å². The average Bonchev–Trinajstić information content (AvgIpc) is 3.40. The van der Waals surface area contributed by atoms with E-state index in [0.717, 1.165) is 5.52 Å². The number of hydrogen-bond acceptors (Lipinski definition) is 7. The molecule has 0 unspecified atom stereocenters. The summed E-state index contributed by atoms with van der Waals surface area (Å²) in [6.45, 7) is 4.57. The van der Waals surface area contributed by atoms with Crippen LogP contribution in [0.2, 0.25) is 0 Å². The number of rotatable bonds is 6. The maximum Gasteiger partial charge on any atom is 0.326 e. The molecule has 3 aromatic rings. The number of hydrogen-bond donors (Lipinski definition) is 2. The number of carboxylic acids is 1. The number of imidazole rings is 1. The van der Waals surface area contributed by atoms with Crippen molar-refractivity contribution in [1.82, 2.24) is 24.1 Å². The lowest BCUT2D eigenvalue weighted by molar-refractivity contribution is -0.138. The average molecular weight is 385 g/mol. The molecule has 10 nitrogen and oxygen atoms in total. The van der Waals surface area contributed by atoms with E-state index in [2.05, 4.69) is 34.2 Å². The number of methoxy groups -OCH3 is 1. The van der Waals surface area contributed by atoms with E-state index in [-0.39, 0.29) is 6.10 Å². The van der Waals surface area contributed by atoms with Crippen LogP contribution in [0.15, 0.2) is 30.9 Å². The first-order valence-corrected chi connectivity index (χ1v) is 9.14. The van der Waals surface area contributed by atoms with Crippen LogP contribution in [0.4, 0.5) is 17.6 Å². The summed E-state index contributed by atoms with van der Waals surface area (Å²) < 4.78 is 9.04. The van der Waals surface area contributed by atoms with Crippen LogP contribution in [0, 0.1) is 0 Å². The Morgan fingerprint density at radius 3 is 2.93 bits per heavy atom. The summed E-state index contributed by atoms with van der Waals surface area (Å²) in [6, 6.07) is 3.32. The van der Waals surface area contributed by atoms with Gasteiger partial charge < -0.3 is 24.6 Å². The number of anilines is 3. The standard InChI is InChI=1S/C18H23N7O3/c1-11(2)23-9-15(19-10-23)20-16-13-5-4-6-25(13)22-18(21-16)24-8-12(28-3)7-14(24)17(26)27/h4-6,9-12,14H,7-8H2,1-3H3,(H,26,27)(H,20,21,22)/t12-,14+/m1/s1. The highest BCUT2D eigenvalue weighted by Gasteiger charge is 2.39. The highest BCUT2D eigenvalue weighted by Crippen LogP contribution is 2.28. The summed E-state index contributed by atoms with van der Waals surface area (Å²) in [7, 11) is 1.58. The summed E-state index contributed by atoms with van der Waals surface area (Å²) in [5.74, 6) is 0.642. The molecule has 0 radical (unpaired) electrons. The maximum absolute atomic E-state index is 11.7. The summed E-state index contributed by atoms with van der Waals surface area (Å²) in [4.78, 5) is 22.4. The third-order valence-corrected chi connectivity index (χ3v) is 4.96. The van der Waals surface area contributed by atoms with Crippen molar-refractivity contribution in [3.63, 3.8) is 0 Å². The Kier molecular flexibility index (Phi) is 4.63. The van der Waals surface area contributed by atoms with Gasteiger partial charge in [-0.05, 0) is 26.0 Å². The van der Waals surface area contributed by atoms with Gasteiger partial charge in [0, 0.05) is 38.5 Å². The first kappa shape index (κ1) is 18.2. The molecule has 1 fully saturated rings. The second-order valence-electron chi connectivity index (χ2n) is 7.12. The Labute approximate surface area is 161 Å². The van der Waals surface area contributed by atoms with Gasteiger partial charge in [-0.25, -0.2) is 14.3 Å². The highest BCUT2D eigenvalue weighted by atomic mass is 16.5. The molecule has 1 aliphatic rings. The quantitative estimate of drug-likeness (QED) is 0.662. The van der Waals surface area contributed by atoms with Crippen LogP contribution < -0.4 is 10.2 Å². The molecule has 0 saturated carbocycles. The number of nitrogens with zero attached hydrogens (tertiary/aromatic N) is 6. The SMILES string of the molecule is CO[C@@H]1C[C@@H](C(=O)O)N(c2nc(Nc3cn(C(C)C)cn3)c3cccn3n2)C1. The zero-order valence-electron chi connectivity index (χ0n) is 16.0. The zero-order chi connectivity index (χ0) is 19.8. The second-order valence-corrected chi connectivity index (χ2v) is 7.12. The minimum absolute atomic E-state index is 0.178. The van der Waals surface area contributed by atoms with Crippen molar-refractivity contribution in [2.75, 3.05) is 23.9 Å². The maximum atomic E-state index is 11.7. The fraction of sp³-hybridized carbons (Fsp3) is 0.444. The fourth-order valence-electron chi connectivity index (χ4n) is 3.36.